The van der Waals surface area contributed by atoms with Crippen molar-refractivity contribution >= 4 is 28.8 Å². The van der Waals surface area contributed by atoms with E-state index in [0.717, 1.165) is 29.4 Å². The molecule has 0 spiro atoms. The van der Waals surface area contributed by atoms with Crippen molar-refractivity contribution in [1.29, 1.82) is 0 Å². The Hall–Kier alpha value is -2.60. The molecule has 1 radical (unpaired) electrons. The number of carbonyl (C=O) groups excluding carboxylic acids is 3. The summed E-state index contributed by atoms with van der Waals surface area (Å²) < 4.78 is 28.1. The fraction of sp³-hybridized carbons (Fsp3) is 0.500. The number of carbonyl (C=O) groups is 3. The number of nitrogens with one attached hydrogen (secondary N) is 1. The van der Waals surface area contributed by atoms with Crippen LogP contribution in [0.25, 0.3) is 10.9 Å². The van der Waals surface area contributed by atoms with Gasteiger partial charge in [0.15, 0.2) is 0 Å². The van der Waals surface area contributed by atoms with Crippen LogP contribution in [-0.4, -0.2) is 79.6 Å². The molecule has 4 unspecified atom stereocenters. The molecule has 195 valence electrons. The van der Waals surface area contributed by atoms with Gasteiger partial charge in [-0.25, -0.2) is 6.42 Å². The molecule has 4 atom stereocenters. The molecular formula is C24H31CoN2O8-. The smallest absolute Gasteiger partial charge is 0.302 e. The van der Waals surface area contributed by atoms with Gasteiger partial charge in [-0.2, -0.15) is 0 Å². The molecule has 10 nitrogen and oxygen atoms in total. The zero-order valence-corrected chi connectivity index (χ0v) is 21.4. The number of H-pyrrole nitrogens is 1. The first-order valence-electron chi connectivity index (χ1n) is 11.0. The van der Waals surface area contributed by atoms with E-state index in [9.17, 15) is 14.4 Å². The van der Waals surface area contributed by atoms with Gasteiger partial charge in [-0.3, -0.25) is 14.4 Å². The van der Waals surface area contributed by atoms with Gasteiger partial charge in [-0.1, -0.05) is 6.07 Å². The molecule has 0 saturated carbocycles. The minimum absolute atomic E-state index is 0. The van der Waals surface area contributed by atoms with E-state index >= 15 is 0 Å². The van der Waals surface area contributed by atoms with Crippen molar-refractivity contribution in [2.75, 3.05) is 27.2 Å². The molecule has 35 heavy (non-hydrogen) atoms. The van der Waals surface area contributed by atoms with Crippen molar-refractivity contribution in [2.24, 2.45) is 0 Å². The number of ether oxygens (including phenoxy) is 5. The quantitative estimate of drug-likeness (QED) is 0.293. The third-order valence-corrected chi connectivity index (χ3v) is 5.20. The number of fused-ring (bicyclic) bond motifs is 1. The van der Waals surface area contributed by atoms with E-state index < -0.39 is 42.5 Å². The Morgan fingerprint density at radius 1 is 1.06 bits per heavy atom. The molecule has 0 bridgehead atoms. The van der Waals surface area contributed by atoms with Gasteiger partial charge in [0.05, 0.1) is 0 Å². The average Bonchev–Trinajstić information content (AvgIpc) is 3.16. The van der Waals surface area contributed by atoms with E-state index in [-0.39, 0.29) is 23.4 Å². The number of benzene rings is 1. The van der Waals surface area contributed by atoms with Gasteiger partial charge in [0.25, 0.3) is 11.9 Å². The Labute approximate surface area is 214 Å². The standard InChI is InChI=1S/C24H31N2O8.Co/c1-14(27)30-13-22-20(31-15(2)28)11-21(32-16(3)29)24(34-22)33-19-8-6-7-18-23(19)17(12-25-18)9-10-26(4)5;/h6-8,11-12,20-22,24-25H,9-10,13H2,1-5H3;/q-1;. The molecular weight excluding hydrogens is 503 g/mol. The monoisotopic (exact) mass is 534 g/mol. The van der Waals surface area contributed by atoms with E-state index in [0.29, 0.717) is 5.75 Å². The van der Waals surface area contributed by atoms with Crippen LogP contribution in [0.1, 0.15) is 26.3 Å². The average molecular weight is 534 g/mol. The van der Waals surface area contributed by atoms with E-state index in [4.69, 9.17) is 23.7 Å². The minimum Gasteiger partial charge on any atom is -0.493 e. The van der Waals surface area contributed by atoms with E-state index in [1.54, 1.807) is 0 Å². The third kappa shape index (κ3) is 7.96. The topological polar surface area (TPSA) is 116 Å². The van der Waals surface area contributed by atoms with Crippen molar-refractivity contribution in [3.8, 4) is 5.75 Å². The Balaban J connectivity index is 0.00000432. The van der Waals surface area contributed by atoms with Gasteiger partial charge >= 0.3 is 5.97 Å². The molecule has 1 N–H and O–H groups in total. The molecule has 0 aliphatic carbocycles. The van der Waals surface area contributed by atoms with Crippen LogP contribution in [0, 0.1) is 6.42 Å². The zero-order valence-electron chi connectivity index (χ0n) is 20.4. The summed E-state index contributed by atoms with van der Waals surface area (Å²) in [4.78, 5) is 40.1. The largest absolute Gasteiger partial charge is 0.493 e. The predicted octanol–water partition coefficient (Wildman–Crippen LogP) is 2.00. The summed E-state index contributed by atoms with van der Waals surface area (Å²) in [5.41, 5.74) is 1.96. The summed E-state index contributed by atoms with van der Waals surface area (Å²) in [6.45, 7) is 4.47. The normalized spacial score (nSPS) is 21.8. The molecule has 2 heterocycles. The van der Waals surface area contributed by atoms with Crippen LogP contribution in [0.3, 0.4) is 0 Å². The van der Waals surface area contributed by atoms with Gasteiger partial charge < -0.3 is 33.6 Å². The SMILES string of the molecule is CC(=O)OCC1OC(Oc2cccc3[nH]cc(CCN(C)C)c23)C(OC(C)=O)[CH-]C1OC(C)=O.[Co]. The second-order valence-electron chi connectivity index (χ2n) is 8.35. The third-order valence-electron chi connectivity index (χ3n) is 5.20. The Bertz CT molecular complexity index is 1020. The molecule has 1 aromatic heterocycles. The summed E-state index contributed by atoms with van der Waals surface area (Å²) in [5.74, 6) is -1.07. The molecule has 3 rings (SSSR count). The molecule has 2 aromatic rings. The summed E-state index contributed by atoms with van der Waals surface area (Å²) in [6.07, 6.45) is 0.493. The summed E-state index contributed by atoms with van der Waals surface area (Å²) >= 11 is 0. The summed E-state index contributed by atoms with van der Waals surface area (Å²) in [7, 11) is 4.01. The second-order valence-corrected chi connectivity index (χ2v) is 8.35. The Morgan fingerprint density at radius 3 is 2.37 bits per heavy atom. The molecule has 1 aliphatic rings. The number of aromatic nitrogens is 1. The van der Waals surface area contributed by atoms with E-state index in [2.05, 4.69) is 9.88 Å². The van der Waals surface area contributed by atoms with Gasteiger partial charge in [0.2, 0.25) is 6.29 Å². The maximum absolute atomic E-state index is 11.8. The van der Waals surface area contributed by atoms with E-state index in [1.807, 2.05) is 38.5 Å². The van der Waals surface area contributed by atoms with Crippen LogP contribution in [0.5, 0.6) is 5.75 Å². The number of nitrogens with zero attached hydrogens (tertiary/aromatic N) is 1. The molecule has 1 aliphatic heterocycles. The maximum Gasteiger partial charge on any atom is 0.302 e. The number of esters is 3. The number of rotatable bonds is 9. The van der Waals surface area contributed by atoms with Crippen LogP contribution in [0.15, 0.2) is 24.4 Å². The number of hydrogen-bond donors (Lipinski definition) is 1. The number of hydrogen-bond acceptors (Lipinski definition) is 9. The van der Waals surface area contributed by atoms with Crippen LogP contribution in [-0.2, 0) is 56.5 Å². The first kappa shape index (κ1) is 28.6. The van der Waals surface area contributed by atoms with Gasteiger partial charge in [0, 0.05) is 73.4 Å². The number of likely N-dealkylation sites (N-methyl/N-ethyl adjacent to an activating group) is 1. The maximum atomic E-state index is 11.8. The van der Waals surface area contributed by atoms with Gasteiger partial charge in [-0.15, -0.1) is 0 Å². The van der Waals surface area contributed by atoms with Crippen LogP contribution in [0.2, 0.25) is 0 Å². The first-order chi connectivity index (χ1) is 16.1. The molecule has 1 fully saturated rings. The Kier molecular flexibility index (Phi) is 10.6. The summed E-state index contributed by atoms with van der Waals surface area (Å²) in [6, 6.07) is 5.59. The van der Waals surface area contributed by atoms with Crippen molar-refractivity contribution in [1.82, 2.24) is 9.88 Å². The molecule has 1 aromatic carbocycles. The molecule has 0 amide bonds. The van der Waals surface area contributed by atoms with Crippen LogP contribution in [0.4, 0.5) is 0 Å². The minimum atomic E-state index is -1.06. The van der Waals surface area contributed by atoms with Crippen molar-refractivity contribution in [3.63, 3.8) is 0 Å². The van der Waals surface area contributed by atoms with E-state index in [1.165, 1.54) is 27.2 Å². The Morgan fingerprint density at radius 2 is 1.74 bits per heavy atom. The predicted molar refractivity (Wildman–Crippen MR) is 122 cm³/mol. The van der Waals surface area contributed by atoms with Crippen molar-refractivity contribution < 1.29 is 54.8 Å². The zero-order chi connectivity index (χ0) is 24.8. The second kappa shape index (κ2) is 12.9. The summed E-state index contributed by atoms with van der Waals surface area (Å²) in [5, 5.41) is 0.896. The van der Waals surface area contributed by atoms with Gasteiger partial charge in [-0.05, 0) is 38.2 Å². The van der Waals surface area contributed by atoms with Gasteiger partial charge in [0.1, 0.15) is 18.5 Å². The number of aromatic amines is 1. The van der Waals surface area contributed by atoms with Crippen molar-refractivity contribution in [2.45, 2.75) is 51.8 Å². The first-order valence-corrected chi connectivity index (χ1v) is 11.0. The van der Waals surface area contributed by atoms with Crippen LogP contribution < -0.4 is 4.74 Å². The van der Waals surface area contributed by atoms with Crippen LogP contribution >= 0.6 is 0 Å². The fourth-order valence-electron chi connectivity index (χ4n) is 3.73. The molecule has 11 heteroatoms. The fourth-order valence-corrected chi connectivity index (χ4v) is 3.73. The van der Waals surface area contributed by atoms with Crippen molar-refractivity contribution in [3.05, 3.63) is 36.4 Å². The molecule has 1 saturated heterocycles.